The molecule has 0 radical (unpaired) electrons. The third-order valence-electron chi connectivity index (χ3n) is 4.15. The molecule has 2 N–H and O–H groups in total. The standard InChI is InChI=1S/C19H14FN3O3S/c20-16-3-1-2-4-18(16)22-19(24)14-8-10-23(12-14)27(25,26)15-5-6-17-13(11-15)7-9-21-17/h1-12,21H,(H,22,24). The zero-order valence-corrected chi connectivity index (χ0v) is 14.7. The monoisotopic (exact) mass is 383 g/mol. The van der Waals surface area contributed by atoms with Crippen molar-refractivity contribution in [2.24, 2.45) is 0 Å². The van der Waals surface area contributed by atoms with Crippen molar-refractivity contribution < 1.29 is 17.6 Å². The van der Waals surface area contributed by atoms with Crippen LogP contribution in [0.1, 0.15) is 10.4 Å². The Hall–Kier alpha value is -3.39. The van der Waals surface area contributed by atoms with Gasteiger partial charge in [0.1, 0.15) is 5.82 Å². The first-order valence-electron chi connectivity index (χ1n) is 8.02. The molecule has 0 aliphatic carbocycles. The molecule has 0 aliphatic heterocycles. The average molecular weight is 383 g/mol. The van der Waals surface area contributed by atoms with Crippen molar-refractivity contribution in [2.45, 2.75) is 4.90 Å². The molecule has 6 nitrogen and oxygen atoms in total. The maximum Gasteiger partial charge on any atom is 0.267 e. The highest BCUT2D eigenvalue weighted by atomic mass is 32.2. The molecule has 2 aromatic carbocycles. The molecule has 4 rings (SSSR count). The van der Waals surface area contributed by atoms with E-state index in [0.29, 0.717) is 0 Å². The van der Waals surface area contributed by atoms with Gasteiger partial charge in [0.05, 0.1) is 16.1 Å². The van der Waals surface area contributed by atoms with Gasteiger partial charge in [0.2, 0.25) is 0 Å². The normalized spacial score (nSPS) is 11.6. The zero-order valence-electron chi connectivity index (χ0n) is 13.9. The minimum atomic E-state index is -3.85. The van der Waals surface area contributed by atoms with Gasteiger partial charge in [0.15, 0.2) is 0 Å². The molecular formula is C19H14FN3O3S. The van der Waals surface area contributed by atoms with Gasteiger partial charge in [-0.1, -0.05) is 12.1 Å². The fourth-order valence-corrected chi connectivity index (χ4v) is 3.96. The number of hydrogen-bond acceptors (Lipinski definition) is 3. The van der Waals surface area contributed by atoms with Gasteiger partial charge in [-0.15, -0.1) is 0 Å². The van der Waals surface area contributed by atoms with Crippen LogP contribution in [0.4, 0.5) is 10.1 Å². The summed E-state index contributed by atoms with van der Waals surface area (Å²) in [5, 5.41) is 3.19. The molecule has 2 heterocycles. The highest BCUT2D eigenvalue weighted by molar-refractivity contribution is 7.90. The van der Waals surface area contributed by atoms with Crippen LogP contribution in [0.3, 0.4) is 0 Å². The Balaban J connectivity index is 1.63. The second kappa shape index (κ2) is 6.40. The lowest BCUT2D eigenvalue weighted by Crippen LogP contribution is -2.14. The molecule has 1 amide bonds. The molecule has 136 valence electrons. The first-order chi connectivity index (χ1) is 12.9. The first kappa shape index (κ1) is 17.0. The average Bonchev–Trinajstić information content (AvgIpc) is 3.32. The van der Waals surface area contributed by atoms with Crippen LogP contribution >= 0.6 is 0 Å². The summed E-state index contributed by atoms with van der Waals surface area (Å²) in [5.41, 5.74) is 0.951. The lowest BCUT2D eigenvalue weighted by Gasteiger charge is -2.06. The molecule has 0 aliphatic rings. The molecule has 27 heavy (non-hydrogen) atoms. The van der Waals surface area contributed by atoms with E-state index in [-0.39, 0.29) is 16.1 Å². The van der Waals surface area contributed by atoms with Crippen LogP contribution in [-0.4, -0.2) is 23.3 Å². The Morgan fingerprint density at radius 1 is 1.07 bits per heavy atom. The van der Waals surface area contributed by atoms with Crippen LogP contribution in [0.2, 0.25) is 0 Å². The van der Waals surface area contributed by atoms with Gasteiger partial charge in [0, 0.05) is 29.5 Å². The van der Waals surface area contributed by atoms with E-state index in [1.807, 2.05) is 0 Å². The van der Waals surface area contributed by atoms with Crippen molar-refractivity contribution in [1.82, 2.24) is 8.96 Å². The second-order valence-corrected chi connectivity index (χ2v) is 7.74. The van der Waals surface area contributed by atoms with Crippen LogP contribution < -0.4 is 5.32 Å². The smallest absolute Gasteiger partial charge is 0.267 e. The second-order valence-electron chi connectivity index (χ2n) is 5.90. The minimum Gasteiger partial charge on any atom is -0.361 e. The van der Waals surface area contributed by atoms with E-state index in [1.54, 1.807) is 30.5 Å². The number of benzene rings is 2. The van der Waals surface area contributed by atoms with E-state index in [9.17, 15) is 17.6 Å². The van der Waals surface area contributed by atoms with Crippen LogP contribution in [0.5, 0.6) is 0 Å². The summed E-state index contributed by atoms with van der Waals surface area (Å²) >= 11 is 0. The maximum absolute atomic E-state index is 13.7. The molecule has 0 spiro atoms. The van der Waals surface area contributed by atoms with E-state index in [4.69, 9.17) is 0 Å². The number of halogens is 1. The van der Waals surface area contributed by atoms with Crippen LogP contribution in [0, 0.1) is 5.82 Å². The number of carbonyl (C=O) groups excluding carboxylic acids is 1. The zero-order chi connectivity index (χ0) is 19.0. The third kappa shape index (κ3) is 3.11. The van der Waals surface area contributed by atoms with Crippen molar-refractivity contribution in [2.75, 3.05) is 5.32 Å². The van der Waals surface area contributed by atoms with Crippen molar-refractivity contribution in [3.05, 3.63) is 84.6 Å². The number of amides is 1. The number of nitrogens with one attached hydrogen (secondary N) is 2. The quantitative estimate of drug-likeness (QED) is 0.565. The summed E-state index contributed by atoms with van der Waals surface area (Å²) in [6.45, 7) is 0. The number of carbonyl (C=O) groups is 1. The predicted molar refractivity (Wildman–Crippen MR) is 99.7 cm³/mol. The van der Waals surface area contributed by atoms with Crippen molar-refractivity contribution in [1.29, 1.82) is 0 Å². The summed E-state index contributed by atoms with van der Waals surface area (Å²) < 4.78 is 40.3. The first-order valence-corrected chi connectivity index (χ1v) is 9.46. The molecule has 0 fully saturated rings. The number of aromatic amines is 1. The SMILES string of the molecule is O=C(Nc1ccccc1F)c1ccn(S(=O)(=O)c2ccc3[nH]ccc3c2)c1. The predicted octanol–water partition coefficient (Wildman–Crippen LogP) is 3.60. The highest BCUT2D eigenvalue weighted by Crippen LogP contribution is 2.21. The Morgan fingerprint density at radius 2 is 1.89 bits per heavy atom. The van der Waals surface area contributed by atoms with E-state index in [2.05, 4.69) is 10.3 Å². The lowest BCUT2D eigenvalue weighted by atomic mass is 10.2. The minimum absolute atomic E-state index is 0.0241. The molecule has 8 heteroatoms. The fourth-order valence-electron chi connectivity index (χ4n) is 2.73. The molecule has 0 unspecified atom stereocenters. The van der Waals surface area contributed by atoms with Crippen molar-refractivity contribution in [3.8, 4) is 0 Å². The molecular weight excluding hydrogens is 369 g/mol. The number of aromatic nitrogens is 2. The largest absolute Gasteiger partial charge is 0.361 e. The number of nitrogens with zero attached hydrogens (tertiary/aromatic N) is 1. The van der Waals surface area contributed by atoms with Gasteiger partial charge in [-0.25, -0.2) is 16.8 Å². The van der Waals surface area contributed by atoms with Crippen molar-refractivity contribution in [3.63, 3.8) is 0 Å². The molecule has 4 aromatic rings. The van der Waals surface area contributed by atoms with Crippen LogP contribution in [0.25, 0.3) is 10.9 Å². The topological polar surface area (TPSA) is 84.0 Å². The number of H-pyrrole nitrogens is 1. The Bertz CT molecular complexity index is 1260. The number of fused-ring (bicyclic) bond motifs is 1. The summed E-state index contributed by atoms with van der Waals surface area (Å²) in [7, 11) is -3.85. The van der Waals surface area contributed by atoms with E-state index < -0.39 is 21.7 Å². The van der Waals surface area contributed by atoms with Gasteiger partial charge in [-0.05, 0) is 42.5 Å². The molecule has 0 saturated carbocycles. The Morgan fingerprint density at radius 3 is 2.70 bits per heavy atom. The number of anilines is 1. The van der Waals surface area contributed by atoms with Gasteiger partial charge in [-0.2, -0.15) is 0 Å². The number of hydrogen-bond donors (Lipinski definition) is 2. The number of para-hydroxylation sites is 1. The van der Waals surface area contributed by atoms with Crippen LogP contribution in [0.15, 0.2) is 78.1 Å². The van der Waals surface area contributed by atoms with Crippen LogP contribution in [-0.2, 0) is 10.0 Å². The Kier molecular flexibility index (Phi) is 4.04. The summed E-state index contributed by atoms with van der Waals surface area (Å²) in [6, 6.07) is 13.6. The third-order valence-corrected chi connectivity index (χ3v) is 5.78. The van der Waals surface area contributed by atoms with Crippen molar-refractivity contribution >= 4 is 32.5 Å². The van der Waals surface area contributed by atoms with Gasteiger partial charge < -0.3 is 10.3 Å². The highest BCUT2D eigenvalue weighted by Gasteiger charge is 2.19. The number of rotatable bonds is 4. The van der Waals surface area contributed by atoms with E-state index >= 15 is 0 Å². The molecule has 0 saturated heterocycles. The molecule has 2 aromatic heterocycles. The summed E-state index contributed by atoms with van der Waals surface area (Å²) in [6.07, 6.45) is 4.21. The van der Waals surface area contributed by atoms with Gasteiger partial charge in [0.25, 0.3) is 15.9 Å². The summed E-state index contributed by atoms with van der Waals surface area (Å²) in [5.74, 6) is -1.17. The Labute approximate surface area is 154 Å². The molecule has 0 atom stereocenters. The molecule has 0 bridgehead atoms. The summed E-state index contributed by atoms with van der Waals surface area (Å²) in [4.78, 5) is 15.4. The van der Waals surface area contributed by atoms with E-state index in [1.165, 1.54) is 42.7 Å². The van der Waals surface area contributed by atoms with Gasteiger partial charge >= 0.3 is 0 Å². The van der Waals surface area contributed by atoms with Gasteiger partial charge in [-0.3, -0.25) is 4.79 Å². The maximum atomic E-state index is 13.7. The lowest BCUT2D eigenvalue weighted by molar-refractivity contribution is 0.102. The fraction of sp³-hybridized carbons (Fsp3) is 0. The van der Waals surface area contributed by atoms with E-state index in [0.717, 1.165) is 14.9 Å².